The van der Waals surface area contributed by atoms with Crippen LogP contribution in [0.1, 0.15) is 0 Å². The van der Waals surface area contributed by atoms with Gasteiger partial charge in [-0.15, -0.1) is 4.20 Å². The van der Waals surface area contributed by atoms with Crippen LogP contribution in [0.5, 0.6) is 0 Å². The molecule has 0 aromatic rings. The summed E-state index contributed by atoms with van der Waals surface area (Å²) in [5, 5.41) is 2.13. The van der Waals surface area contributed by atoms with Gasteiger partial charge in [0, 0.05) is 5.16 Å². The second kappa shape index (κ2) is 3.82. The Labute approximate surface area is 58.8 Å². The van der Waals surface area contributed by atoms with E-state index in [9.17, 15) is 13.2 Å². The van der Waals surface area contributed by atoms with Gasteiger partial charge in [-0.1, -0.05) is 0 Å². The Bertz CT molecular complexity index is 174. The molecular weight excluding hydrogens is 194 g/mol. The molecule has 0 saturated heterocycles. The molecule has 0 heterocycles. The van der Waals surface area contributed by atoms with Gasteiger partial charge in [0.1, 0.15) is 0 Å². The molecule has 10 heavy (non-hydrogen) atoms. The standard InChI is InChI=1S/CHClF2NO4P/c2-1(3)5-8-9-10(4,6)7/h(H,6,7). The zero-order valence-corrected chi connectivity index (χ0v) is 5.85. The summed E-state index contributed by atoms with van der Waals surface area (Å²) in [7, 11) is -5.28. The molecule has 0 fully saturated rings. The molecule has 0 aliphatic rings. The van der Waals surface area contributed by atoms with Crippen molar-refractivity contribution in [3.63, 3.8) is 0 Å². The van der Waals surface area contributed by atoms with Crippen LogP contribution in [0.3, 0.4) is 0 Å². The molecule has 0 amide bonds. The van der Waals surface area contributed by atoms with Crippen molar-refractivity contribution in [1.82, 2.24) is 0 Å². The lowest BCUT2D eigenvalue weighted by Gasteiger charge is -1.94. The first kappa shape index (κ1) is 9.77. The monoisotopic (exact) mass is 195 g/mol. The van der Waals surface area contributed by atoms with Crippen LogP contribution in [0.25, 0.3) is 0 Å². The van der Waals surface area contributed by atoms with Crippen molar-refractivity contribution in [3.05, 3.63) is 0 Å². The maximum absolute atomic E-state index is 11.4. The Hall–Kier alpha value is -0.230. The normalized spacial score (nSPS) is 18.2. The van der Waals surface area contributed by atoms with Gasteiger partial charge in [-0.25, -0.2) is 9.55 Å². The van der Waals surface area contributed by atoms with Crippen LogP contribution < -0.4 is 0 Å². The molecule has 60 valence electrons. The fourth-order valence-electron chi connectivity index (χ4n) is 0.0860. The van der Waals surface area contributed by atoms with E-state index in [1.54, 1.807) is 0 Å². The van der Waals surface area contributed by atoms with Gasteiger partial charge in [-0.2, -0.15) is 4.39 Å². The molecule has 0 rings (SSSR count). The Kier molecular flexibility index (Phi) is 3.73. The summed E-state index contributed by atoms with van der Waals surface area (Å²) >= 11 is 4.39. The van der Waals surface area contributed by atoms with Gasteiger partial charge in [0.15, 0.2) is 0 Å². The van der Waals surface area contributed by atoms with Gasteiger partial charge < -0.3 is 0 Å². The highest BCUT2D eigenvalue weighted by atomic mass is 35.5. The minimum atomic E-state index is -5.28. The molecule has 0 aromatic heterocycles. The second-order valence-corrected chi connectivity index (χ2v) is 2.30. The quantitative estimate of drug-likeness (QED) is 0.321. The van der Waals surface area contributed by atoms with Gasteiger partial charge in [0.05, 0.1) is 0 Å². The Morgan fingerprint density at radius 1 is 1.80 bits per heavy atom. The maximum Gasteiger partial charge on any atom is 0.548 e. The maximum atomic E-state index is 11.4. The van der Waals surface area contributed by atoms with E-state index in [1.807, 2.05) is 0 Å². The summed E-state index contributed by atoms with van der Waals surface area (Å²) < 4.78 is 35.1. The van der Waals surface area contributed by atoms with E-state index < -0.39 is 13.3 Å². The fraction of sp³-hybridized carbons (Fsp3) is 0. The molecule has 0 aromatic carbocycles. The van der Waals surface area contributed by atoms with Crippen LogP contribution in [0.4, 0.5) is 8.59 Å². The average molecular weight is 195 g/mol. The summed E-state index contributed by atoms with van der Waals surface area (Å²) in [5.74, 6) is 0. The molecule has 9 heteroatoms. The van der Waals surface area contributed by atoms with E-state index >= 15 is 0 Å². The predicted octanol–water partition coefficient (Wildman–Crippen LogP) is 1.48. The van der Waals surface area contributed by atoms with Gasteiger partial charge >= 0.3 is 13.3 Å². The van der Waals surface area contributed by atoms with E-state index in [2.05, 4.69) is 26.4 Å². The van der Waals surface area contributed by atoms with Gasteiger partial charge in [-0.05, 0) is 16.3 Å². The van der Waals surface area contributed by atoms with E-state index in [0.29, 0.717) is 0 Å². The molecule has 0 saturated carbocycles. The van der Waals surface area contributed by atoms with Gasteiger partial charge in [0.2, 0.25) is 0 Å². The van der Waals surface area contributed by atoms with Crippen LogP contribution in [-0.2, 0) is 14.2 Å². The van der Waals surface area contributed by atoms with Crippen LogP contribution in [0.15, 0.2) is 5.16 Å². The van der Waals surface area contributed by atoms with Crippen molar-refractivity contribution >= 4 is 24.9 Å². The van der Waals surface area contributed by atoms with Crippen LogP contribution in [0.2, 0.25) is 0 Å². The van der Waals surface area contributed by atoms with Gasteiger partial charge in [-0.3, -0.25) is 4.89 Å². The molecule has 0 aliphatic carbocycles. The van der Waals surface area contributed by atoms with Crippen molar-refractivity contribution in [2.45, 2.75) is 0 Å². The molecule has 0 aliphatic heterocycles. The zero-order chi connectivity index (χ0) is 8.20. The van der Waals surface area contributed by atoms with Crippen LogP contribution in [0, 0.1) is 0 Å². The van der Waals surface area contributed by atoms with Crippen molar-refractivity contribution in [1.29, 1.82) is 0 Å². The minimum Gasteiger partial charge on any atom is -0.297 e. The molecule has 1 N–H and O–H groups in total. The van der Waals surface area contributed by atoms with E-state index in [0.717, 1.165) is 0 Å². The lowest BCUT2D eigenvalue weighted by Crippen LogP contribution is -1.83. The lowest BCUT2D eigenvalue weighted by atomic mass is 11.6. The first-order chi connectivity index (χ1) is 4.42. The third kappa shape index (κ3) is 7.77. The van der Waals surface area contributed by atoms with E-state index in [1.165, 1.54) is 0 Å². The largest absolute Gasteiger partial charge is 0.548 e. The van der Waals surface area contributed by atoms with Crippen molar-refractivity contribution in [3.8, 4) is 0 Å². The minimum absolute atomic E-state index is 1.59. The highest BCUT2D eigenvalue weighted by molar-refractivity contribution is 7.46. The average Bonchev–Trinajstić information content (AvgIpc) is 1.59. The topological polar surface area (TPSA) is 68.1 Å². The predicted molar refractivity (Wildman–Crippen MR) is 27.5 cm³/mol. The molecule has 5 nitrogen and oxygen atoms in total. The van der Waals surface area contributed by atoms with Crippen molar-refractivity contribution in [2.24, 2.45) is 5.16 Å². The Morgan fingerprint density at radius 3 is 2.60 bits per heavy atom. The highest BCUT2D eigenvalue weighted by Gasteiger charge is 2.19. The third-order valence-corrected chi connectivity index (χ3v) is 0.551. The SMILES string of the molecule is O=P(O)(F)OON=C(F)Cl. The first-order valence-electron chi connectivity index (χ1n) is 1.68. The second-order valence-electron chi connectivity index (χ2n) is 0.932. The van der Waals surface area contributed by atoms with Gasteiger partial charge in [0.25, 0.3) is 0 Å². The summed E-state index contributed by atoms with van der Waals surface area (Å²) in [6, 6.07) is 0. The van der Waals surface area contributed by atoms with E-state index in [-0.39, 0.29) is 0 Å². The molecule has 1 atom stereocenters. The molecule has 1 unspecified atom stereocenters. The number of rotatable bonds is 3. The third-order valence-electron chi connectivity index (χ3n) is 0.232. The molecule has 0 radical (unpaired) electrons. The number of nitrogens with zero attached hydrogens (tertiary/aromatic N) is 1. The molecular formula is CHClF2NO4P. The van der Waals surface area contributed by atoms with Crippen LogP contribution >= 0.6 is 19.5 Å². The fourth-order valence-corrected chi connectivity index (χ4v) is 0.230. The van der Waals surface area contributed by atoms with Crippen molar-refractivity contribution in [2.75, 3.05) is 0 Å². The number of oxime groups is 1. The zero-order valence-electron chi connectivity index (χ0n) is 4.20. The first-order valence-corrected chi connectivity index (χ1v) is 3.53. The highest BCUT2D eigenvalue weighted by Crippen LogP contribution is 2.43. The molecule has 0 spiro atoms. The number of hydrogen-bond donors (Lipinski definition) is 1. The summed E-state index contributed by atoms with van der Waals surface area (Å²) in [4.78, 5) is 10.8. The van der Waals surface area contributed by atoms with Crippen molar-refractivity contribution < 1.29 is 27.7 Å². The lowest BCUT2D eigenvalue weighted by molar-refractivity contribution is -0.219. The molecule has 0 bridgehead atoms. The smallest absolute Gasteiger partial charge is 0.297 e. The summed E-state index contributed by atoms with van der Waals surface area (Å²) in [6.45, 7) is 0. The Balaban J connectivity index is 3.58. The number of halogens is 3. The summed E-state index contributed by atoms with van der Waals surface area (Å²) in [6.07, 6.45) is 0. The van der Waals surface area contributed by atoms with E-state index in [4.69, 9.17) is 4.89 Å². The summed E-state index contributed by atoms with van der Waals surface area (Å²) in [5.41, 5.74) is -1.59. The number of hydrogen-bond acceptors (Lipinski definition) is 4. The Morgan fingerprint density at radius 2 is 2.30 bits per heavy atom. The van der Waals surface area contributed by atoms with Crippen LogP contribution in [-0.4, -0.2) is 10.3 Å².